The minimum absolute atomic E-state index is 0.00245. The lowest BCUT2D eigenvalue weighted by Gasteiger charge is -2.19. The molecule has 1 N–H and O–H groups in total. The Labute approximate surface area is 125 Å². The topological polar surface area (TPSA) is 55.4 Å². The van der Waals surface area contributed by atoms with E-state index in [9.17, 15) is 14.0 Å². The summed E-state index contributed by atoms with van der Waals surface area (Å²) >= 11 is 3.20. The Morgan fingerprint density at radius 3 is 2.60 bits per heavy atom. The highest BCUT2D eigenvalue weighted by atomic mass is 79.9. The van der Waals surface area contributed by atoms with Gasteiger partial charge in [-0.2, -0.15) is 0 Å². The molecule has 1 unspecified atom stereocenters. The van der Waals surface area contributed by atoms with Crippen LogP contribution in [0.5, 0.6) is 5.75 Å². The Hall–Kier alpha value is -1.43. The van der Waals surface area contributed by atoms with Crippen molar-refractivity contribution in [1.29, 1.82) is 0 Å². The summed E-state index contributed by atoms with van der Waals surface area (Å²) in [6.07, 6.45) is 0. The van der Waals surface area contributed by atoms with Gasteiger partial charge in [0, 0.05) is 6.07 Å². The summed E-state index contributed by atoms with van der Waals surface area (Å²) in [4.78, 5) is 23.1. The first-order chi connectivity index (χ1) is 9.31. The number of Topliss-reactive ketones (excluding diaryl/α,β-unsaturated/α-hetero) is 1. The molecule has 6 heteroatoms. The van der Waals surface area contributed by atoms with E-state index in [1.54, 1.807) is 0 Å². The number of amides is 1. The smallest absolute Gasteiger partial charge is 0.258 e. The lowest BCUT2D eigenvalue weighted by molar-refractivity contribution is -0.129. The summed E-state index contributed by atoms with van der Waals surface area (Å²) in [6, 6.07) is 3.42. The zero-order chi connectivity index (χ0) is 15.3. The summed E-state index contributed by atoms with van der Waals surface area (Å²) in [5, 5.41) is 2.60. The number of carbonyl (C=O) groups excluding carboxylic acids is 2. The van der Waals surface area contributed by atoms with Crippen molar-refractivity contribution in [3.63, 3.8) is 0 Å². The SMILES string of the molecule is CC(=O)C(NC(=O)COc1cc(F)ccc1Br)C(C)C. The van der Waals surface area contributed by atoms with E-state index in [0.29, 0.717) is 4.47 Å². The van der Waals surface area contributed by atoms with Crippen molar-refractivity contribution < 1.29 is 18.7 Å². The first-order valence-electron chi connectivity index (χ1n) is 6.19. The molecule has 0 spiro atoms. The molecule has 0 aliphatic heterocycles. The first kappa shape index (κ1) is 16.6. The quantitative estimate of drug-likeness (QED) is 0.862. The Kier molecular flexibility index (Phi) is 6.13. The molecule has 1 aromatic carbocycles. The molecular weight excluding hydrogens is 329 g/mol. The normalized spacial score (nSPS) is 12.1. The fourth-order valence-corrected chi connectivity index (χ4v) is 2.05. The van der Waals surface area contributed by atoms with Crippen molar-refractivity contribution in [3.05, 3.63) is 28.5 Å². The predicted molar refractivity (Wildman–Crippen MR) is 77.0 cm³/mol. The van der Waals surface area contributed by atoms with Crippen LogP contribution >= 0.6 is 15.9 Å². The molecule has 0 aromatic heterocycles. The largest absolute Gasteiger partial charge is 0.482 e. The molecule has 20 heavy (non-hydrogen) atoms. The highest BCUT2D eigenvalue weighted by molar-refractivity contribution is 9.10. The van der Waals surface area contributed by atoms with E-state index in [2.05, 4.69) is 21.2 Å². The van der Waals surface area contributed by atoms with Gasteiger partial charge in [0.25, 0.3) is 5.91 Å². The van der Waals surface area contributed by atoms with Crippen molar-refractivity contribution in [3.8, 4) is 5.75 Å². The standard InChI is InChI=1S/C14H17BrFNO3/c1-8(2)14(9(3)18)17-13(19)7-20-12-6-10(16)4-5-11(12)15/h4-6,8,14H,7H2,1-3H3,(H,17,19). The molecule has 0 saturated carbocycles. The van der Waals surface area contributed by atoms with Crippen LogP contribution in [0.25, 0.3) is 0 Å². The van der Waals surface area contributed by atoms with Gasteiger partial charge >= 0.3 is 0 Å². The molecule has 0 fully saturated rings. The molecule has 1 rings (SSSR count). The van der Waals surface area contributed by atoms with E-state index in [4.69, 9.17) is 4.74 Å². The number of ketones is 1. The highest BCUT2D eigenvalue weighted by Gasteiger charge is 2.20. The van der Waals surface area contributed by atoms with Crippen molar-refractivity contribution in [2.45, 2.75) is 26.8 Å². The van der Waals surface area contributed by atoms with Gasteiger partial charge in [0.05, 0.1) is 10.5 Å². The van der Waals surface area contributed by atoms with Gasteiger partial charge in [0.2, 0.25) is 0 Å². The van der Waals surface area contributed by atoms with Crippen molar-refractivity contribution in [1.82, 2.24) is 5.32 Å². The Bertz CT molecular complexity index is 505. The Balaban J connectivity index is 2.59. The molecule has 110 valence electrons. The van der Waals surface area contributed by atoms with Crippen molar-refractivity contribution in [2.75, 3.05) is 6.61 Å². The van der Waals surface area contributed by atoms with Crippen molar-refractivity contribution >= 4 is 27.6 Å². The molecule has 4 nitrogen and oxygen atoms in total. The lowest BCUT2D eigenvalue weighted by atomic mass is 10.0. The maximum Gasteiger partial charge on any atom is 0.258 e. The third-order valence-electron chi connectivity index (χ3n) is 2.67. The number of halogens is 2. The molecular formula is C14H17BrFNO3. The summed E-state index contributed by atoms with van der Waals surface area (Å²) in [5.74, 6) is -0.746. The molecule has 1 atom stereocenters. The number of nitrogens with one attached hydrogen (secondary N) is 1. The Morgan fingerprint density at radius 2 is 2.05 bits per heavy atom. The summed E-state index contributed by atoms with van der Waals surface area (Å²) in [7, 11) is 0. The molecule has 0 bridgehead atoms. The molecule has 1 amide bonds. The second-order valence-corrected chi connectivity index (χ2v) is 5.62. The Morgan fingerprint density at radius 1 is 1.40 bits per heavy atom. The van der Waals surface area contributed by atoms with Crippen LogP contribution in [0, 0.1) is 11.7 Å². The third kappa shape index (κ3) is 4.92. The number of hydrogen-bond donors (Lipinski definition) is 1. The van der Waals surface area contributed by atoms with Crippen LogP contribution < -0.4 is 10.1 Å². The van der Waals surface area contributed by atoms with Crippen LogP contribution in [0.1, 0.15) is 20.8 Å². The highest BCUT2D eigenvalue weighted by Crippen LogP contribution is 2.25. The number of rotatable bonds is 6. The van der Waals surface area contributed by atoms with Crippen LogP contribution in [0.2, 0.25) is 0 Å². The summed E-state index contributed by atoms with van der Waals surface area (Å²) < 4.78 is 18.8. The number of hydrogen-bond acceptors (Lipinski definition) is 3. The van der Waals surface area contributed by atoms with Gasteiger partial charge in [-0.05, 0) is 40.9 Å². The first-order valence-corrected chi connectivity index (χ1v) is 6.98. The molecule has 0 heterocycles. The van der Waals surface area contributed by atoms with Gasteiger partial charge in [-0.25, -0.2) is 4.39 Å². The van der Waals surface area contributed by atoms with Gasteiger partial charge in [-0.1, -0.05) is 13.8 Å². The number of carbonyl (C=O) groups is 2. The minimum Gasteiger partial charge on any atom is -0.482 e. The van der Waals surface area contributed by atoms with Crippen LogP contribution in [-0.4, -0.2) is 24.3 Å². The zero-order valence-corrected chi connectivity index (χ0v) is 13.2. The molecule has 0 radical (unpaired) electrons. The second-order valence-electron chi connectivity index (χ2n) is 4.76. The van der Waals surface area contributed by atoms with Crippen LogP contribution in [0.3, 0.4) is 0 Å². The maximum atomic E-state index is 13.0. The molecule has 0 saturated heterocycles. The van der Waals surface area contributed by atoms with E-state index in [1.165, 1.54) is 25.1 Å². The van der Waals surface area contributed by atoms with Gasteiger partial charge in [0.15, 0.2) is 12.4 Å². The van der Waals surface area contributed by atoms with Gasteiger partial charge in [0.1, 0.15) is 11.6 Å². The van der Waals surface area contributed by atoms with E-state index < -0.39 is 17.8 Å². The predicted octanol–water partition coefficient (Wildman–Crippen LogP) is 2.70. The van der Waals surface area contributed by atoms with Crippen LogP contribution in [0.4, 0.5) is 4.39 Å². The summed E-state index contributed by atoms with van der Waals surface area (Å²) in [5.41, 5.74) is 0. The van der Waals surface area contributed by atoms with Crippen LogP contribution in [-0.2, 0) is 9.59 Å². The van der Waals surface area contributed by atoms with Gasteiger partial charge < -0.3 is 10.1 Å². The average Bonchev–Trinajstić information content (AvgIpc) is 2.36. The lowest BCUT2D eigenvalue weighted by Crippen LogP contribution is -2.45. The number of ether oxygens (including phenoxy) is 1. The van der Waals surface area contributed by atoms with Gasteiger partial charge in [-0.3, -0.25) is 9.59 Å². The molecule has 0 aliphatic rings. The van der Waals surface area contributed by atoms with E-state index in [1.807, 2.05) is 13.8 Å². The minimum atomic E-state index is -0.540. The fraction of sp³-hybridized carbons (Fsp3) is 0.429. The van der Waals surface area contributed by atoms with Gasteiger partial charge in [-0.15, -0.1) is 0 Å². The van der Waals surface area contributed by atoms with E-state index in [-0.39, 0.29) is 24.1 Å². The summed E-state index contributed by atoms with van der Waals surface area (Å²) in [6.45, 7) is 4.83. The van der Waals surface area contributed by atoms with E-state index >= 15 is 0 Å². The van der Waals surface area contributed by atoms with E-state index in [0.717, 1.165) is 0 Å². The zero-order valence-electron chi connectivity index (χ0n) is 11.6. The average molecular weight is 346 g/mol. The number of benzene rings is 1. The maximum absolute atomic E-state index is 13.0. The fourth-order valence-electron chi connectivity index (χ4n) is 1.68. The van der Waals surface area contributed by atoms with Crippen molar-refractivity contribution in [2.24, 2.45) is 5.92 Å². The van der Waals surface area contributed by atoms with Crippen LogP contribution in [0.15, 0.2) is 22.7 Å². The molecule has 0 aliphatic carbocycles. The molecule has 1 aromatic rings. The third-order valence-corrected chi connectivity index (χ3v) is 3.33. The second kappa shape index (κ2) is 7.38. The monoisotopic (exact) mass is 345 g/mol.